The molecule has 0 radical (unpaired) electrons. The van der Waals surface area contributed by atoms with Gasteiger partial charge in [0, 0.05) is 6.04 Å². The molecule has 0 saturated carbocycles. The van der Waals surface area contributed by atoms with Crippen LogP contribution in [0.25, 0.3) is 10.2 Å². The fourth-order valence-electron chi connectivity index (χ4n) is 2.10. The molecule has 3 aromatic rings. The van der Waals surface area contributed by atoms with Gasteiger partial charge in [-0.25, -0.2) is 9.97 Å². The fraction of sp³-hybridized carbons (Fsp3) is 0.200. The molecule has 0 aliphatic heterocycles. The van der Waals surface area contributed by atoms with E-state index in [1.807, 2.05) is 6.07 Å². The van der Waals surface area contributed by atoms with Crippen molar-refractivity contribution in [1.82, 2.24) is 9.97 Å². The second-order valence-electron chi connectivity index (χ2n) is 4.60. The minimum absolute atomic E-state index is 0.224. The molecule has 3 nitrogen and oxygen atoms in total. The Hall–Kier alpha value is -1.94. The maximum Gasteiger partial charge on any atom is 0.147 e. The van der Waals surface area contributed by atoms with Crippen molar-refractivity contribution in [2.24, 2.45) is 0 Å². The average molecular weight is 269 g/mol. The standard InChI is InChI=1S/C15H15N3S/c1-10-8-19-14-13(10)16-9-17-15(14)18-11(2)12-6-4-3-5-7-12/h3-9,11H,1-2H3,(H,16,17,18). The van der Waals surface area contributed by atoms with Crippen molar-refractivity contribution >= 4 is 27.4 Å². The molecule has 0 amide bonds. The summed E-state index contributed by atoms with van der Waals surface area (Å²) in [5.41, 5.74) is 3.50. The molecule has 19 heavy (non-hydrogen) atoms. The van der Waals surface area contributed by atoms with Crippen LogP contribution in [-0.4, -0.2) is 9.97 Å². The predicted octanol–water partition coefficient (Wildman–Crippen LogP) is 4.17. The van der Waals surface area contributed by atoms with E-state index in [0.717, 1.165) is 16.0 Å². The predicted molar refractivity (Wildman–Crippen MR) is 80.6 cm³/mol. The van der Waals surface area contributed by atoms with Crippen LogP contribution in [0.2, 0.25) is 0 Å². The summed E-state index contributed by atoms with van der Waals surface area (Å²) < 4.78 is 1.13. The third-order valence-corrected chi connectivity index (χ3v) is 4.28. The Bertz CT molecular complexity index is 691. The van der Waals surface area contributed by atoms with E-state index >= 15 is 0 Å². The molecule has 0 bridgehead atoms. The zero-order valence-corrected chi connectivity index (χ0v) is 11.7. The van der Waals surface area contributed by atoms with Crippen LogP contribution < -0.4 is 5.32 Å². The molecule has 1 aromatic carbocycles. The molecule has 0 aliphatic carbocycles. The number of thiophene rings is 1. The lowest BCUT2D eigenvalue weighted by Gasteiger charge is -2.15. The van der Waals surface area contributed by atoms with Gasteiger partial charge in [0.25, 0.3) is 0 Å². The van der Waals surface area contributed by atoms with Crippen LogP contribution in [0.4, 0.5) is 5.82 Å². The van der Waals surface area contributed by atoms with E-state index in [1.165, 1.54) is 11.1 Å². The summed E-state index contributed by atoms with van der Waals surface area (Å²) in [5.74, 6) is 0.916. The molecule has 1 atom stereocenters. The minimum atomic E-state index is 0.224. The maximum absolute atomic E-state index is 4.37. The lowest BCUT2D eigenvalue weighted by Crippen LogP contribution is -2.07. The summed E-state index contributed by atoms with van der Waals surface area (Å²) in [4.78, 5) is 8.71. The maximum atomic E-state index is 4.37. The Morgan fingerprint density at radius 2 is 1.95 bits per heavy atom. The van der Waals surface area contributed by atoms with Crippen molar-refractivity contribution in [1.29, 1.82) is 0 Å². The number of benzene rings is 1. The highest BCUT2D eigenvalue weighted by Crippen LogP contribution is 2.30. The lowest BCUT2D eigenvalue weighted by molar-refractivity contribution is 0.876. The van der Waals surface area contributed by atoms with Gasteiger partial charge in [0.15, 0.2) is 0 Å². The third-order valence-electron chi connectivity index (χ3n) is 3.18. The zero-order chi connectivity index (χ0) is 13.2. The summed E-state index contributed by atoms with van der Waals surface area (Å²) in [5, 5.41) is 5.60. The van der Waals surface area contributed by atoms with Crippen molar-refractivity contribution in [2.75, 3.05) is 5.32 Å². The highest BCUT2D eigenvalue weighted by atomic mass is 32.1. The van der Waals surface area contributed by atoms with Gasteiger partial charge in [0.1, 0.15) is 12.1 Å². The van der Waals surface area contributed by atoms with Crippen LogP contribution in [0.3, 0.4) is 0 Å². The van der Waals surface area contributed by atoms with E-state index in [-0.39, 0.29) is 6.04 Å². The lowest BCUT2D eigenvalue weighted by atomic mass is 10.1. The number of hydrogen-bond acceptors (Lipinski definition) is 4. The van der Waals surface area contributed by atoms with Gasteiger partial charge in [0.2, 0.25) is 0 Å². The SMILES string of the molecule is Cc1csc2c(NC(C)c3ccccc3)ncnc12. The molecule has 1 N–H and O–H groups in total. The average Bonchev–Trinajstić information content (AvgIpc) is 2.83. The number of nitrogens with zero attached hydrogens (tertiary/aromatic N) is 2. The number of fused-ring (bicyclic) bond motifs is 1. The Morgan fingerprint density at radius 1 is 1.16 bits per heavy atom. The summed E-state index contributed by atoms with van der Waals surface area (Å²) in [7, 11) is 0. The first-order valence-corrected chi connectivity index (χ1v) is 7.14. The highest BCUT2D eigenvalue weighted by Gasteiger charge is 2.11. The van der Waals surface area contributed by atoms with Gasteiger partial charge in [-0.3, -0.25) is 0 Å². The molecule has 0 aliphatic rings. The number of anilines is 1. The van der Waals surface area contributed by atoms with Crippen LogP contribution in [-0.2, 0) is 0 Å². The topological polar surface area (TPSA) is 37.8 Å². The van der Waals surface area contributed by atoms with Gasteiger partial charge < -0.3 is 5.32 Å². The van der Waals surface area contributed by atoms with Gasteiger partial charge in [-0.15, -0.1) is 11.3 Å². The number of rotatable bonds is 3. The Balaban J connectivity index is 1.93. The molecule has 0 saturated heterocycles. The molecule has 4 heteroatoms. The smallest absolute Gasteiger partial charge is 0.147 e. The van der Waals surface area contributed by atoms with Gasteiger partial charge in [-0.05, 0) is 30.4 Å². The molecule has 0 fully saturated rings. The molecular weight excluding hydrogens is 254 g/mol. The van der Waals surface area contributed by atoms with Crippen molar-refractivity contribution < 1.29 is 0 Å². The first-order chi connectivity index (χ1) is 9.25. The van der Waals surface area contributed by atoms with Gasteiger partial charge in [-0.2, -0.15) is 0 Å². The molecule has 2 aromatic heterocycles. The van der Waals surface area contributed by atoms with Gasteiger partial charge in [-0.1, -0.05) is 30.3 Å². The molecule has 2 heterocycles. The van der Waals surface area contributed by atoms with E-state index < -0.39 is 0 Å². The Kier molecular flexibility index (Phi) is 3.17. The Morgan fingerprint density at radius 3 is 2.74 bits per heavy atom. The minimum Gasteiger partial charge on any atom is -0.362 e. The fourth-order valence-corrected chi connectivity index (χ4v) is 3.06. The molecule has 1 unspecified atom stereocenters. The second kappa shape index (κ2) is 4.97. The highest BCUT2D eigenvalue weighted by molar-refractivity contribution is 7.18. The van der Waals surface area contributed by atoms with Crippen LogP contribution in [0.1, 0.15) is 24.1 Å². The van der Waals surface area contributed by atoms with Crippen molar-refractivity contribution in [3.63, 3.8) is 0 Å². The van der Waals surface area contributed by atoms with Crippen molar-refractivity contribution in [3.8, 4) is 0 Å². The summed E-state index contributed by atoms with van der Waals surface area (Å²) in [6.07, 6.45) is 1.63. The largest absolute Gasteiger partial charge is 0.362 e. The van der Waals surface area contributed by atoms with Gasteiger partial charge in [0.05, 0.1) is 10.2 Å². The van der Waals surface area contributed by atoms with Crippen LogP contribution in [0.15, 0.2) is 42.0 Å². The number of aromatic nitrogens is 2. The number of nitrogens with one attached hydrogen (secondary N) is 1. The zero-order valence-electron chi connectivity index (χ0n) is 10.9. The summed E-state index contributed by atoms with van der Waals surface area (Å²) in [6, 6.07) is 10.6. The summed E-state index contributed by atoms with van der Waals surface area (Å²) in [6.45, 7) is 4.22. The normalized spacial score (nSPS) is 12.5. The second-order valence-corrected chi connectivity index (χ2v) is 5.48. The third kappa shape index (κ3) is 2.31. The first-order valence-electron chi connectivity index (χ1n) is 6.26. The number of aryl methyl sites for hydroxylation is 1. The Labute approximate surface area is 116 Å². The van der Waals surface area contributed by atoms with Crippen LogP contribution >= 0.6 is 11.3 Å². The van der Waals surface area contributed by atoms with E-state index in [9.17, 15) is 0 Å². The van der Waals surface area contributed by atoms with Crippen molar-refractivity contribution in [3.05, 3.63) is 53.2 Å². The molecule has 96 valence electrons. The van der Waals surface area contributed by atoms with E-state index in [1.54, 1.807) is 17.7 Å². The van der Waals surface area contributed by atoms with Crippen molar-refractivity contribution in [2.45, 2.75) is 19.9 Å². The number of hydrogen-bond donors (Lipinski definition) is 1. The van der Waals surface area contributed by atoms with Crippen LogP contribution in [0, 0.1) is 6.92 Å². The first kappa shape index (κ1) is 12.1. The van der Waals surface area contributed by atoms with E-state index in [2.05, 4.69) is 58.8 Å². The summed E-state index contributed by atoms with van der Waals surface area (Å²) >= 11 is 1.69. The van der Waals surface area contributed by atoms with Gasteiger partial charge >= 0.3 is 0 Å². The molecule has 0 spiro atoms. The molecule has 3 rings (SSSR count). The van der Waals surface area contributed by atoms with E-state index in [0.29, 0.717) is 0 Å². The monoisotopic (exact) mass is 269 g/mol. The molecular formula is C15H15N3S. The quantitative estimate of drug-likeness (QED) is 0.775. The van der Waals surface area contributed by atoms with Crippen LogP contribution in [0.5, 0.6) is 0 Å². The van der Waals surface area contributed by atoms with E-state index in [4.69, 9.17) is 0 Å².